The topological polar surface area (TPSA) is 84.5 Å². The van der Waals surface area contributed by atoms with Gasteiger partial charge in [0.15, 0.2) is 9.84 Å². The second-order valence-electron chi connectivity index (χ2n) is 8.49. The average Bonchev–Trinajstić information content (AvgIpc) is 2.80. The molecule has 1 aliphatic rings. The molecule has 4 rings (SSSR count). The van der Waals surface area contributed by atoms with Gasteiger partial charge >= 0.3 is 6.03 Å². The summed E-state index contributed by atoms with van der Waals surface area (Å²) < 4.78 is 31.3. The van der Waals surface area contributed by atoms with Gasteiger partial charge in [0.2, 0.25) is 0 Å². The molecule has 0 bridgehead atoms. The van der Waals surface area contributed by atoms with Crippen LogP contribution in [0.5, 0.6) is 0 Å². The van der Waals surface area contributed by atoms with E-state index in [1.54, 1.807) is 12.1 Å². The van der Waals surface area contributed by atoms with Gasteiger partial charge in [-0.15, -0.1) is 0 Å². The fourth-order valence-electron chi connectivity index (χ4n) is 4.01. The van der Waals surface area contributed by atoms with Gasteiger partial charge in [-0.3, -0.25) is 0 Å². The van der Waals surface area contributed by atoms with E-state index in [4.69, 9.17) is 16.3 Å². The van der Waals surface area contributed by atoms with Crippen molar-refractivity contribution in [2.75, 3.05) is 11.9 Å². The Morgan fingerprint density at radius 2 is 1.85 bits per heavy atom. The number of rotatable bonds is 6. The monoisotopic (exact) mass is 498 g/mol. The molecule has 1 aliphatic heterocycles. The first-order valence-electron chi connectivity index (χ1n) is 11.1. The van der Waals surface area contributed by atoms with Gasteiger partial charge in [-0.25, -0.2) is 13.2 Å². The Morgan fingerprint density at radius 3 is 2.62 bits per heavy atom. The minimum Gasteiger partial charge on any atom is -0.376 e. The quantitative estimate of drug-likeness (QED) is 0.464. The zero-order valence-electron chi connectivity index (χ0n) is 19.1. The maximum atomic E-state index is 12.9. The highest BCUT2D eigenvalue weighted by Crippen LogP contribution is 2.26. The van der Waals surface area contributed by atoms with Crippen molar-refractivity contribution in [1.82, 2.24) is 5.32 Å². The highest BCUT2D eigenvalue weighted by atomic mass is 35.5. The molecule has 0 radical (unpaired) electrons. The fraction of sp³-hybridized carbons (Fsp3) is 0.269. The lowest BCUT2D eigenvalue weighted by molar-refractivity contribution is 0.110. The second kappa shape index (κ2) is 10.2. The SMILES string of the molecule is Cc1cccc(C(C)NC(=O)Nc2ccc(S(=O)(=O)Cc3ccc4c(c3)COCC4)cc2)c1Cl. The molecule has 0 saturated heterocycles. The maximum Gasteiger partial charge on any atom is 0.319 e. The lowest BCUT2D eigenvalue weighted by atomic mass is 10.0. The number of hydrogen-bond acceptors (Lipinski definition) is 4. The number of sulfone groups is 1. The standard InChI is InChI=1S/C26H27ClN2O4S/c1-17-4-3-5-24(25(17)27)18(2)28-26(30)29-22-8-10-23(11-9-22)34(31,32)16-19-6-7-20-12-13-33-15-21(20)14-19/h3-11,14,18H,12-13,15-16H2,1-2H3,(H2,28,29,30). The van der Waals surface area contributed by atoms with Crippen molar-refractivity contribution in [2.45, 2.75) is 43.6 Å². The molecule has 0 saturated carbocycles. The Bertz CT molecular complexity index is 1310. The smallest absolute Gasteiger partial charge is 0.319 e. The van der Waals surface area contributed by atoms with Crippen LogP contribution < -0.4 is 10.6 Å². The van der Waals surface area contributed by atoms with Gasteiger partial charge in [-0.1, -0.05) is 48.0 Å². The van der Waals surface area contributed by atoms with Gasteiger partial charge in [0.1, 0.15) is 0 Å². The molecule has 1 atom stereocenters. The van der Waals surface area contributed by atoms with Crippen LogP contribution in [0.25, 0.3) is 0 Å². The summed E-state index contributed by atoms with van der Waals surface area (Å²) >= 11 is 6.35. The van der Waals surface area contributed by atoms with Gasteiger partial charge in [0.05, 0.1) is 29.9 Å². The number of benzene rings is 3. The first kappa shape index (κ1) is 24.3. The highest BCUT2D eigenvalue weighted by Gasteiger charge is 2.18. The van der Waals surface area contributed by atoms with Crippen molar-refractivity contribution in [3.8, 4) is 0 Å². The van der Waals surface area contributed by atoms with E-state index in [-0.39, 0.29) is 16.7 Å². The predicted molar refractivity (Wildman–Crippen MR) is 134 cm³/mol. The van der Waals surface area contributed by atoms with Crippen LogP contribution in [-0.2, 0) is 33.4 Å². The van der Waals surface area contributed by atoms with Crippen LogP contribution >= 0.6 is 11.6 Å². The van der Waals surface area contributed by atoms with E-state index < -0.39 is 15.9 Å². The van der Waals surface area contributed by atoms with Gasteiger partial charge in [-0.05, 0) is 72.4 Å². The molecule has 6 nitrogen and oxygen atoms in total. The van der Waals surface area contributed by atoms with Gasteiger partial charge in [0.25, 0.3) is 0 Å². The molecule has 0 spiro atoms. The van der Waals surface area contributed by atoms with Crippen molar-refractivity contribution in [2.24, 2.45) is 0 Å². The molecule has 1 unspecified atom stereocenters. The fourth-order valence-corrected chi connectivity index (χ4v) is 5.63. The van der Waals surface area contributed by atoms with E-state index in [0.717, 1.165) is 28.7 Å². The van der Waals surface area contributed by atoms with Crippen LogP contribution in [0.4, 0.5) is 10.5 Å². The predicted octanol–water partition coefficient (Wildman–Crippen LogP) is 5.58. The lowest BCUT2D eigenvalue weighted by Gasteiger charge is -2.18. The van der Waals surface area contributed by atoms with Crippen LogP contribution in [0, 0.1) is 6.92 Å². The molecule has 0 aliphatic carbocycles. The third-order valence-electron chi connectivity index (χ3n) is 5.91. The van der Waals surface area contributed by atoms with Crippen LogP contribution in [0.1, 0.15) is 40.8 Å². The Morgan fingerprint density at radius 1 is 1.09 bits per heavy atom. The lowest BCUT2D eigenvalue weighted by Crippen LogP contribution is -2.31. The van der Waals surface area contributed by atoms with Crippen molar-refractivity contribution < 1.29 is 17.9 Å². The highest BCUT2D eigenvalue weighted by molar-refractivity contribution is 7.90. The molecule has 178 valence electrons. The maximum absolute atomic E-state index is 12.9. The number of fused-ring (bicyclic) bond motifs is 1. The zero-order chi connectivity index (χ0) is 24.3. The normalized spacial score (nSPS) is 14.2. The number of halogens is 1. The number of urea groups is 1. The first-order valence-corrected chi connectivity index (χ1v) is 13.1. The molecule has 2 N–H and O–H groups in total. The van der Waals surface area contributed by atoms with Crippen LogP contribution in [-0.4, -0.2) is 21.1 Å². The van der Waals surface area contributed by atoms with Crippen molar-refractivity contribution in [3.05, 3.63) is 93.5 Å². The van der Waals surface area contributed by atoms with Crippen LogP contribution in [0.3, 0.4) is 0 Å². The Kier molecular flexibility index (Phi) is 7.26. The number of hydrogen-bond donors (Lipinski definition) is 2. The summed E-state index contributed by atoms with van der Waals surface area (Å²) in [6.07, 6.45) is 0.848. The average molecular weight is 499 g/mol. The van der Waals surface area contributed by atoms with Crippen LogP contribution in [0.2, 0.25) is 5.02 Å². The van der Waals surface area contributed by atoms with Crippen molar-refractivity contribution >= 4 is 33.2 Å². The molecule has 2 amide bonds. The summed E-state index contributed by atoms with van der Waals surface area (Å²) in [4.78, 5) is 12.6. The zero-order valence-corrected chi connectivity index (χ0v) is 20.7. The Labute approximate surface area is 205 Å². The molecule has 3 aromatic carbocycles. The second-order valence-corrected chi connectivity index (χ2v) is 10.9. The molecule has 8 heteroatoms. The number of carbonyl (C=O) groups excluding carboxylic acids is 1. The number of ether oxygens (including phenoxy) is 1. The van der Waals surface area contributed by atoms with E-state index >= 15 is 0 Å². The minimum absolute atomic E-state index is 0.0949. The van der Waals surface area contributed by atoms with E-state index in [9.17, 15) is 13.2 Å². The molecular weight excluding hydrogens is 472 g/mol. The number of nitrogens with one attached hydrogen (secondary N) is 2. The summed E-state index contributed by atoms with van der Waals surface area (Å²) in [6.45, 7) is 4.97. The molecule has 0 fully saturated rings. The number of carbonyl (C=O) groups is 1. The number of aryl methyl sites for hydroxylation is 1. The molecule has 34 heavy (non-hydrogen) atoms. The number of amides is 2. The van der Waals surface area contributed by atoms with E-state index in [1.165, 1.54) is 17.7 Å². The first-order chi connectivity index (χ1) is 16.2. The molecule has 0 aromatic heterocycles. The van der Waals surface area contributed by atoms with Gasteiger partial charge < -0.3 is 15.4 Å². The Hall–Kier alpha value is -2.87. The third-order valence-corrected chi connectivity index (χ3v) is 8.13. The van der Waals surface area contributed by atoms with E-state index in [1.807, 2.05) is 50.2 Å². The summed E-state index contributed by atoms with van der Waals surface area (Å²) in [5, 5.41) is 6.21. The van der Waals surface area contributed by atoms with Gasteiger partial charge in [-0.2, -0.15) is 0 Å². The largest absolute Gasteiger partial charge is 0.376 e. The summed E-state index contributed by atoms with van der Waals surface area (Å²) in [5.41, 5.74) is 5.24. The molecule has 1 heterocycles. The van der Waals surface area contributed by atoms with Crippen molar-refractivity contribution in [1.29, 1.82) is 0 Å². The molecular formula is C26H27ClN2O4S. The van der Waals surface area contributed by atoms with Crippen molar-refractivity contribution in [3.63, 3.8) is 0 Å². The van der Waals surface area contributed by atoms with Crippen LogP contribution in [0.15, 0.2) is 65.6 Å². The van der Waals surface area contributed by atoms with Gasteiger partial charge in [0, 0.05) is 10.7 Å². The van der Waals surface area contributed by atoms with E-state index in [0.29, 0.717) is 23.9 Å². The van der Waals surface area contributed by atoms with E-state index in [2.05, 4.69) is 10.6 Å². The minimum atomic E-state index is -3.53. The third kappa shape index (κ3) is 5.60. The summed E-state index contributed by atoms with van der Waals surface area (Å²) in [7, 11) is -3.53. The summed E-state index contributed by atoms with van der Waals surface area (Å²) in [6, 6.07) is 16.9. The summed E-state index contributed by atoms with van der Waals surface area (Å²) in [5.74, 6) is -0.0949. The number of anilines is 1. The Balaban J connectivity index is 1.39. The molecule has 3 aromatic rings.